The molecule has 0 bridgehead atoms. The first kappa shape index (κ1) is 21.1. The number of likely N-dealkylation sites (tertiary alicyclic amines) is 1. The highest BCUT2D eigenvalue weighted by Crippen LogP contribution is 2.23. The Morgan fingerprint density at radius 1 is 1.07 bits per heavy atom. The lowest BCUT2D eigenvalue weighted by Crippen LogP contribution is -2.41. The minimum absolute atomic E-state index is 0.0446. The van der Waals surface area contributed by atoms with E-state index in [0.717, 1.165) is 12.2 Å². The van der Waals surface area contributed by atoms with Crippen molar-refractivity contribution in [3.63, 3.8) is 0 Å². The molecule has 0 N–H and O–H groups in total. The summed E-state index contributed by atoms with van der Waals surface area (Å²) in [6.07, 6.45) is 1.38. The third-order valence-corrected chi connectivity index (χ3v) is 5.62. The van der Waals surface area contributed by atoms with E-state index < -0.39 is 0 Å². The summed E-state index contributed by atoms with van der Waals surface area (Å²) < 4.78 is 5.62. The number of para-hydroxylation sites is 1. The summed E-state index contributed by atoms with van der Waals surface area (Å²) in [7, 11) is 0. The van der Waals surface area contributed by atoms with Crippen LogP contribution < -0.4 is 4.74 Å². The van der Waals surface area contributed by atoms with E-state index in [1.165, 1.54) is 0 Å². The maximum atomic E-state index is 12.9. The Kier molecular flexibility index (Phi) is 7.12. The van der Waals surface area contributed by atoms with Crippen LogP contribution in [0.1, 0.15) is 33.1 Å². The van der Waals surface area contributed by atoms with Gasteiger partial charge in [-0.15, -0.1) is 0 Å². The van der Waals surface area contributed by atoms with Crippen molar-refractivity contribution in [1.29, 1.82) is 0 Å². The summed E-state index contributed by atoms with van der Waals surface area (Å²) >= 11 is 0. The highest BCUT2D eigenvalue weighted by atomic mass is 16.5. The van der Waals surface area contributed by atoms with Gasteiger partial charge in [0.1, 0.15) is 5.75 Å². The summed E-state index contributed by atoms with van der Waals surface area (Å²) in [4.78, 5) is 43.0. The fourth-order valence-corrected chi connectivity index (χ4v) is 3.97. The van der Waals surface area contributed by atoms with E-state index in [4.69, 9.17) is 4.74 Å². The molecule has 0 aromatic heterocycles. The number of hydrogen-bond acceptors (Lipinski definition) is 4. The molecule has 1 aromatic carbocycles. The van der Waals surface area contributed by atoms with Gasteiger partial charge in [0.25, 0.3) is 0 Å². The second-order valence-corrected chi connectivity index (χ2v) is 8.01. The number of carbonyl (C=O) groups is 3. The Bertz CT molecular complexity index is 722. The van der Waals surface area contributed by atoms with Crippen molar-refractivity contribution >= 4 is 17.7 Å². The number of nitrogens with zero attached hydrogens (tertiary/aromatic N) is 3. The van der Waals surface area contributed by atoms with Crippen LogP contribution in [0.4, 0.5) is 0 Å². The maximum Gasteiger partial charge on any atom is 0.228 e. The molecular formula is C22H31N3O4. The van der Waals surface area contributed by atoms with Gasteiger partial charge in [-0.2, -0.15) is 0 Å². The summed E-state index contributed by atoms with van der Waals surface area (Å²) in [5, 5.41) is 0. The molecule has 2 aliphatic rings. The molecule has 0 aliphatic carbocycles. The third kappa shape index (κ3) is 5.49. The predicted octanol–water partition coefficient (Wildman–Crippen LogP) is 1.77. The van der Waals surface area contributed by atoms with Crippen molar-refractivity contribution in [2.24, 2.45) is 5.92 Å². The Labute approximate surface area is 172 Å². The van der Waals surface area contributed by atoms with E-state index >= 15 is 0 Å². The zero-order valence-electron chi connectivity index (χ0n) is 17.4. The van der Waals surface area contributed by atoms with Gasteiger partial charge < -0.3 is 19.4 Å². The van der Waals surface area contributed by atoms with Gasteiger partial charge in [0.2, 0.25) is 17.7 Å². The Hall–Kier alpha value is -2.57. The lowest BCUT2D eigenvalue weighted by molar-refractivity contribution is -0.136. The first-order valence-electron chi connectivity index (χ1n) is 10.5. The lowest BCUT2D eigenvalue weighted by atomic mass is 10.1. The molecule has 2 heterocycles. The zero-order chi connectivity index (χ0) is 20.8. The molecule has 29 heavy (non-hydrogen) atoms. The largest absolute Gasteiger partial charge is 0.493 e. The summed E-state index contributed by atoms with van der Waals surface area (Å²) in [5.74, 6) is 0.657. The van der Waals surface area contributed by atoms with Gasteiger partial charge >= 0.3 is 0 Å². The van der Waals surface area contributed by atoms with Gasteiger partial charge in [0.05, 0.1) is 18.9 Å². The van der Waals surface area contributed by atoms with E-state index in [-0.39, 0.29) is 29.7 Å². The molecule has 2 aliphatic heterocycles. The predicted molar refractivity (Wildman–Crippen MR) is 109 cm³/mol. The topological polar surface area (TPSA) is 70.2 Å². The van der Waals surface area contributed by atoms with Crippen LogP contribution in [0.3, 0.4) is 0 Å². The molecule has 1 aromatic rings. The second-order valence-electron chi connectivity index (χ2n) is 8.01. The zero-order valence-corrected chi connectivity index (χ0v) is 17.4. The molecule has 0 saturated carbocycles. The molecule has 3 rings (SSSR count). The lowest BCUT2D eigenvalue weighted by Gasteiger charge is -2.25. The molecule has 2 saturated heterocycles. The Morgan fingerprint density at radius 3 is 2.45 bits per heavy atom. The first-order chi connectivity index (χ1) is 14.0. The van der Waals surface area contributed by atoms with Gasteiger partial charge in [-0.05, 0) is 32.4 Å². The number of amides is 3. The average Bonchev–Trinajstić information content (AvgIpc) is 2.94. The van der Waals surface area contributed by atoms with Crippen LogP contribution in [0.5, 0.6) is 5.75 Å². The van der Waals surface area contributed by atoms with Crippen LogP contribution in [-0.2, 0) is 14.4 Å². The van der Waals surface area contributed by atoms with Crippen LogP contribution in [0.2, 0.25) is 0 Å². The van der Waals surface area contributed by atoms with Crippen LogP contribution in [0.25, 0.3) is 0 Å². The normalized spacial score (nSPS) is 20.2. The van der Waals surface area contributed by atoms with Crippen LogP contribution >= 0.6 is 0 Å². The van der Waals surface area contributed by atoms with Crippen molar-refractivity contribution in [1.82, 2.24) is 14.7 Å². The first-order valence-corrected chi connectivity index (χ1v) is 10.5. The van der Waals surface area contributed by atoms with Gasteiger partial charge in [-0.25, -0.2) is 0 Å². The van der Waals surface area contributed by atoms with Gasteiger partial charge in [0, 0.05) is 45.2 Å². The second kappa shape index (κ2) is 9.76. The molecule has 7 heteroatoms. The molecule has 1 atom stereocenters. The van der Waals surface area contributed by atoms with E-state index in [0.29, 0.717) is 52.2 Å². The highest BCUT2D eigenvalue weighted by molar-refractivity contribution is 5.89. The molecule has 7 nitrogen and oxygen atoms in total. The molecule has 1 unspecified atom stereocenters. The number of ether oxygens (including phenoxy) is 1. The van der Waals surface area contributed by atoms with Gasteiger partial charge in [0.15, 0.2) is 0 Å². The summed E-state index contributed by atoms with van der Waals surface area (Å²) in [6.45, 7) is 7.14. The van der Waals surface area contributed by atoms with Crippen LogP contribution in [0, 0.1) is 5.92 Å². The molecule has 0 spiro atoms. The number of carbonyl (C=O) groups excluding carboxylic acids is 3. The highest BCUT2D eigenvalue weighted by Gasteiger charge is 2.37. The SMILES string of the molecule is CC(C)N1CC(C(=O)N2CCCN(C(=O)CCOc3ccccc3)CC2)CC1=O. The van der Waals surface area contributed by atoms with E-state index in [2.05, 4.69) is 0 Å². The van der Waals surface area contributed by atoms with Gasteiger partial charge in [-0.3, -0.25) is 14.4 Å². The Balaban J connectivity index is 1.45. The summed E-state index contributed by atoms with van der Waals surface area (Å²) in [6, 6.07) is 9.58. The molecular weight excluding hydrogens is 370 g/mol. The molecule has 3 amide bonds. The smallest absolute Gasteiger partial charge is 0.228 e. The van der Waals surface area contributed by atoms with Crippen LogP contribution in [-0.4, -0.2) is 77.8 Å². The summed E-state index contributed by atoms with van der Waals surface area (Å²) in [5.41, 5.74) is 0. The number of rotatable bonds is 6. The quantitative estimate of drug-likeness (QED) is 0.729. The third-order valence-electron chi connectivity index (χ3n) is 5.62. The number of benzene rings is 1. The minimum atomic E-state index is -0.258. The average molecular weight is 402 g/mol. The monoisotopic (exact) mass is 401 g/mol. The molecule has 158 valence electrons. The van der Waals surface area contributed by atoms with E-state index in [9.17, 15) is 14.4 Å². The maximum absolute atomic E-state index is 12.9. The van der Waals surface area contributed by atoms with Crippen molar-refractivity contribution in [3.05, 3.63) is 30.3 Å². The number of hydrogen-bond donors (Lipinski definition) is 0. The fourth-order valence-electron chi connectivity index (χ4n) is 3.97. The van der Waals surface area contributed by atoms with Crippen molar-refractivity contribution < 1.29 is 19.1 Å². The molecule has 2 fully saturated rings. The van der Waals surface area contributed by atoms with E-state index in [1.54, 1.807) is 4.90 Å². The standard InChI is InChI=1S/C22H31N3O4/c1-17(2)25-16-18(15-21(25)27)22(28)24-11-6-10-23(12-13-24)20(26)9-14-29-19-7-4-3-5-8-19/h3-5,7-8,17-18H,6,9-16H2,1-2H3. The van der Waals surface area contributed by atoms with Crippen molar-refractivity contribution in [2.75, 3.05) is 39.3 Å². The van der Waals surface area contributed by atoms with Crippen molar-refractivity contribution in [3.8, 4) is 5.75 Å². The van der Waals surface area contributed by atoms with Gasteiger partial charge in [-0.1, -0.05) is 18.2 Å². The fraction of sp³-hybridized carbons (Fsp3) is 0.591. The minimum Gasteiger partial charge on any atom is -0.493 e. The Morgan fingerprint density at radius 2 is 1.76 bits per heavy atom. The van der Waals surface area contributed by atoms with E-state index in [1.807, 2.05) is 54.0 Å². The van der Waals surface area contributed by atoms with Crippen LogP contribution in [0.15, 0.2) is 30.3 Å². The van der Waals surface area contributed by atoms with Crippen molar-refractivity contribution in [2.45, 2.75) is 39.2 Å². The molecule has 0 radical (unpaired) electrons.